The molecule has 2 aromatic rings. The number of carbonyl (C=O) groups is 2. The molecule has 21 heavy (non-hydrogen) atoms. The average Bonchev–Trinajstić information content (AvgIpc) is 2.48. The molecule has 6 heteroatoms. The molecule has 0 aliphatic carbocycles. The van der Waals surface area contributed by atoms with Crippen molar-refractivity contribution in [2.24, 2.45) is 0 Å². The van der Waals surface area contributed by atoms with Gasteiger partial charge in [0, 0.05) is 18.4 Å². The van der Waals surface area contributed by atoms with E-state index in [1.54, 1.807) is 19.1 Å². The summed E-state index contributed by atoms with van der Waals surface area (Å²) in [6.07, 6.45) is 0.0858. The van der Waals surface area contributed by atoms with Crippen molar-refractivity contribution >= 4 is 17.5 Å². The van der Waals surface area contributed by atoms with E-state index in [2.05, 4.69) is 15.5 Å². The third-order valence-corrected chi connectivity index (χ3v) is 2.81. The number of hydrogen-bond donors (Lipinski definition) is 1. The molecule has 0 aliphatic rings. The summed E-state index contributed by atoms with van der Waals surface area (Å²) in [5, 5.41) is 10.2. The molecule has 0 radical (unpaired) electrons. The highest BCUT2D eigenvalue weighted by Crippen LogP contribution is 2.08. The molecular formula is C15H14FN3O2. The molecule has 2 rings (SSSR count). The number of halogens is 1. The summed E-state index contributed by atoms with van der Waals surface area (Å²) in [7, 11) is 0. The van der Waals surface area contributed by atoms with Crippen LogP contribution in [0.3, 0.4) is 0 Å². The van der Waals surface area contributed by atoms with E-state index in [4.69, 9.17) is 0 Å². The predicted octanol–water partition coefficient (Wildman–Crippen LogP) is 2.53. The zero-order valence-corrected chi connectivity index (χ0v) is 11.5. The van der Waals surface area contributed by atoms with E-state index in [1.165, 1.54) is 24.3 Å². The molecule has 0 saturated heterocycles. The molecule has 0 atom stereocenters. The first-order valence-corrected chi connectivity index (χ1v) is 6.43. The van der Waals surface area contributed by atoms with Gasteiger partial charge in [0.15, 0.2) is 11.6 Å². The largest absolute Gasteiger partial charge is 0.309 e. The maximum Gasteiger partial charge on any atom is 0.226 e. The molecule has 1 aromatic carbocycles. The minimum atomic E-state index is -0.401. The Hall–Kier alpha value is -2.63. The van der Waals surface area contributed by atoms with Crippen LogP contribution in [0.5, 0.6) is 0 Å². The molecule has 0 unspecified atom stereocenters. The molecule has 1 aromatic heterocycles. The predicted molar refractivity (Wildman–Crippen MR) is 75.4 cm³/mol. The van der Waals surface area contributed by atoms with Gasteiger partial charge in [-0.1, -0.05) is 0 Å². The molecule has 1 heterocycles. The Balaban J connectivity index is 1.84. The lowest BCUT2D eigenvalue weighted by Crippen LogP contribution is -2.14. The zero-order chi connectivity index (χ0) is 15.2. The van der Waals surface area contributed by atoms with Crippen molar-refractivity contribution in [3.8, 4) is 0 Å². The average molecular weight is 287 g/mol. The lowest BCUT2D eigenvalue weighted by Gasteiger charge is -2.04. The Morgan fingerprint density at radius 2 is 1.76 bits per heavy atom. The fourth-order valence-electron chi connectivity index (χ4n) is 1.68. The number of amides is 1. The van der Waals surface area contributed by atoms with Crippen LogP contribution in [0, 0.1) is 12.7 Å². The Bertz CT molecular complexity index is 639. The van der Waals surface area contributed by atoms with Gasteiger partial charge in [0.25, 0.3) is 0 Å². The fraction of sp³-hybridized carbons (Fsp3) is 0.200. The summed E-state index contributed by atoms with van der Waals surface area (Å²) in [5.41, 5.74) is 1.14. The second kappa shape index (κ2) is 6.69. The normalized spacial score (nSPS) is 10.2. The van der Waals surface area contributed by atoms with Crippen LogP contribution in [0.2, 0.25) is 0 Å². The van der Waals surface area contributed by atoms with Gasteiger partial charge in [-0.05, 0) is 43.3 Å². The number of rotatable bonds is 5. The van der Waals surface area contributed by atoms with Gasteiger partial charge in [0.05, 0.1) is 5.69 Å². The summed E-state index contributed by atoms with van der Waals surface area (Å²) in [6, 6.07) is 8.61. The number of benzene rings is 1. The minimum Gasteiger partial charge on any atom is -0.309 e. The number of nitrogens with zero attached hydrogens (tertiary/aromatic N) is 2. The number of Topliss-reactive ketones (excluding diaryl/α,β-unsaturated/α-hetero) is 1. The van der Waals surface area contributed by atoms with Crippen LogP contribution in [0.1, 0.15) is 28.9 Å². The van der Waals surface area contributed by atoms with Crippen molar-refractivity contribution in [1.82, 2.24) is 10.2 Å². The first kappa shape index (κ1) is 14.8. The van der Waals surface area contributed by atoms with Crippen LogP contribution in [0.25, 0.3) is 0 Å². The van der Waals surface area contributed by atoms with Crippen molar-refractivity contribution in [3.05, 3.63) is 53.5 Å². The third kappa shape index (κ3) is 4.45. The van der Waals surface area contributed by atoms with Crippen molar-refractivity contribution in [2.45, 2.75) is 19.8 Å². The van der Waals surface area contributed by atoms with Crippen LogP contribution in [-0.2, 0) is 4.79 Å². The van der Waals surface area contributed by atoms with Crippen molar-refractivity contribution in [3.63, 3.8) is 0 Å². The van der Waals surface area contributed by atoms with E-state index < -0.39 is 5.82 Å². The number of nitrogens with one attached hydrogen (secondary N) is 1. The molecule has 0 saturated carbocycles. The van der Waals surface area contributed by atoms with Gasteiger partial charge in [0.2, 0.25) is 5.91 Å². The van der Waals surface area contributed by atoms with Crippen molar-refractivity contribution in [1.29, 1.82) is 0 Å². The van der Waals surface area contributed by atoms with E-state index in [9.17, 15) is 14.0 Å². The number of ketones is 1. The summed E-state index contributed by atoms with van der Waals surface area (Å²) >= 11 is 0. The molecule has 0 spiro atoms. The van der Waals surface area contributed by atoms with Gasteiger partial charge >= 0.3 is 0 Å². The maximum atomic E-state index is 12.7. The van der Waals surface area contributed by atoms with E-state index in [0.717, 1.165) is 5.69 Å². The third-order valence-electron chi connectivity index (χ3n) is 2.81. The van der Waals surface area contributed by atoms with Gasteiger partial charge in [-0.15, -0.1) is 5.10 Å². The topological polar surface area (TPSA) is 72.0 Å². The highest BCUT2D eigenvalue weighted by Gasteiger charge is 2.10. The quantitative estimate of drug-likeness (QED) is 0.858. The van der Waals surface area contributed by atoms with Gasteiger partial charge < -0.3 is 5.32 Å². The molecule has 0 aliphatic heterocycles. The first-order chi connectivity index (χ1) is 10.0. The van der Waals surface area contributed by atoms with Crippen LogP contribution in [0.15, 0.2) is 36.4 Å². The number of aromatic nitrogens is 2. The number of aryl methyl sites for hydroxylation is 1. The lowest BCUT2D eigenvalue weighted by molar-refractivity contribution is -0.116. The first-order valence-electron chi connectivity index (χ1n) is 6.43. The van der Waals surface area contributed by atoms with E-state index >= 15 is 0 Å². The second-order valence-electron chi connectivity index (χ2n) is 4.54. The maximum absolute atomic E-state index is 12.7. The van der Waals surface area contributed by atoms with E-state index in [-0.39, 0.29) is 24.5 Å². The SMILES string of the molecule is Cc1ccc(NC(=O)CCC(=O)c2ccc(F)cc2)nn1. The molecule has 5 nitrogen and oxygen atoms in total. The summed E-state index contributed by atoms with van der Waals surface area (Å²) in [5.74, 6) is -0.578. The second-order valence-corrected chi connectivity index (χ2v) is 4.54. The molecule has 0 fully saturated rings. The highest BCUT2D eigenvalue weighted by molar-refractivity contribution is 5.99. The lowest BCUT2D eigenvalue weighted by atomic mass is 10.1. The fourth-order valence-corrected chi connectivity index (χ4v) is 1.68. The van der Waals surface area contributed by atoms with E-state index in [1.807, 2.05) is 0 Å². The smallest absolute Gasteiger partial charge is 0.226 e. The van der Waals surface area contributed by atoms with Gasteiger partial charge in [0.1, 0.15) is 5.82 Å². The molecule has 1 N–H and O–H groups in total. The van der Waals surface area contributed by atoms with Gasteiger partial charge in [-0.25, -0.2) is 4.39 Å². The van der Waals surface area contributed by atoms with Crippen LogP contribution >= 0.6 is 0 Å². The highest BCUT2D eigenvalue weighted by atomic mass is 19.1. The van der Waals surface area contributed by atoms with E-state index in [0.29, 0.717) is 11.4 Å². The molecule has 1 amide bonds. The van der Waals surface area contributed by atoms with Gasteiger partial charge in [-0.3, -0.25) is 9.59 Å². The number of hydrogen-bond acceptors (Lipinski definition) is 4. The monoisotopic (exact) mass is 287 g/mol. The Labute approximate surface area is 121 Å². The number of anilines is 1. The summed E-state index contributed by atoms with van der Waals surface area (Å²) in [4.78, 5) is 23.5. The Morgan fingerprint density at radius 3 is 2.38 bits per heavy atom. The standard InChI is InChI=1S/C15H14FN3O2/c1-10-2-8-14(19-18-10)17-15(21)9-7-13(20)11-3-5-12(16)6-4-11/h2-6,8H,7,9H2,1H3,(H,17,19,21). The summed E-state index contributed by atoms with van der Waals surface area (Å²) < 4.78 is 12.7. The Kier molecular flexibility index (Phi) is 4.71. The van der Waals surface area contributed by atoms with Crippen molar-refractivity contribution in [2.75, 3.05) is 5.32 Å². The molecule has 108 valence electrons. The number of carbonyl (C=O) groups excluding carboxylic acids is 2. The molecular weight excluding hydrogens is 273 g/mol. The van der Waals surface area contributed by atoms with Crippen LogP contribution < -0.4 is 5.32 Å². The zero-order valence-electron chi connectivity index (χ0n) is 11.5. The van der Waals surface area contributed by atoms with Crippen LogP contribution in [-0.4, -0.2) is 21.9 Å². The van der Waals surface area contributed by atoms with Gasteiger partial charge in [-0.2, -0.15) is 5.10 Å². The molecule has 0 bridgehead atoms. The Morgan fingerprint density at radius 1 is 1.05 bits per heavy atom. The minimum absolute atomic E-state index is 0.0335. The van der Waals surface area contributed by atoms with Crippen molar-refractivity contribution < 1.29 is 14.0 Å². The summed E-state index contributed by atoms with van der Waals surface area (Å²) in [6.45, 7) is 1.79. The van der Waals surface area contributed by atoms with Crippen LogP contribution in [0.4, 0.5) is 10.2 Å².